The molecule has 4 rings (SSSR count). The molecule has 0 aromatic carbocycles. The quantitative estimate of drug-likeness (QED) is 0.653. The lowest BCUT2D eigenvalue weighted by atomic mass is 9.75. The molecule has 1 spiro atoms. The van der Waals surface area contributed by atoms with E-state index in [-0.39, 0.29) is 30.2 Å². The number of hydrogen-bond acceptors (Lipinski definition) is 5. The van der Waals surface area contributed by atoms with Crippen LogP contribution in [-0.2, 0) is 21.4 Å². The second-order valence-corrected chi connectivity index (χ2v) is 11.1. The van der Waals surface area contributed by atoms with Crippen molar-refractivity contribution in [1.82, 2.24) is 23.7 Å². The topological polar surface area (TPSA) is 88.4 Å². The van der Waals surface area contributed by atoms with Crippen LogP contribution in [0.15, 0.2) is 37.1 Å². The molecule has 0 radical (unpaired) electrons. The fourth-order valence-corrected chi connectivity index (χ4v) is 6.42. The normalized spacial score (nSPS) is 24.7. The molecule has 1 amide bonds. The van der Waals surface area contributed by atoms with Crippen LogP contribution >= 0.6 is 0 Å². The van der Waals surface area contributed by atoms with Gasteiger partial charge < -0.3 is 9.47 Å². The molecule has 0 bridgehead atoms. The van der Waals surface area contributed by atoms with Gasteiger partial charge in [-0.25, -0.2) is 17.7 Å². The Hall–Kier alpha value is -2.26. The zero-order valence-electron chi connectivity index (χ0n) is 18.4. The minimum atomic E-state index is -3.40. The van der Waals surface area contributed by atoms with E-state index in [1.165, 1.54) is 4.31 Å². The molecule has 2 aliphatic rings. The number of imidazole rings is 1. The first-order valence-corrected chi connectivity index (χ1v) is 12.6. The Morgan fingerprint density at radius 2 is 2.00 bits per heavy atom. The zero-order valence-corrected chi connectivity index (χ0v) is 19.3. The molecule has 168 valence electrons. The average molecular weight is 446 g/mol. The van der Waals surface area contributed by atoms with Crippen LogP contribution < -0.4 is 0 Å². The van der Waals surface area contributed by atoms with Gasteiger partial charge in [0.05, 0.1) is 23.2 Å². The largest absolute Gasteiger partial charge is 0.338 e. The number of hydrogen-bond donors (Lipinski definition) is 0. The van der Waals surface area contributed by atoms with Gasteiger partial charge in [0, 0.05) is 56.7 Å². The number of carbonyl (C=O) groups excluding carboxylic acids is 1. The highest BCUT2D eigenvalue weighted by Gasteiger charge is 2.59. The number of rotatable bonds is 7. The summed E-state index contributed by atoms with van der Waals surface area (Å²) in [5.41, 5.74) is 1.07. The van der Waals surface area contributed by atoms with E-state index >= 15 is 0 Å². The van der Waals surface area contributed by atoms with Gasteiger partial charge in [0.2, 0.25) is 15.9 Å². The first kappa shape index (κ1) is 22.0. The van der Waals surface area contributed by atoms with Crippen molar-refractivity contribution in [2.45, 2.75) is 52.1 Å². The van der Waals surface area contributed by atoms with Crippen molar-refractivity contribution in [3.63, 3.8) is 0 Å². The molecule has 2 aliphatic heterocycles. The van der Waals surface area contributed by atoms with Gasteiger partial charge in [-0.3, -0.25) is 9.78 Å². The van der Waals surface area contributed by atoms with Gasteiger partial charge in [-0.05, 0) is 44.4 Å². The van der Waals surface area contributed by atoms with Gasteiger partial charge in [0.1, 0.15) is 0 Å². The maximum Gasteiger partial charge on any atom is 0.231 e. The number of aromatic nitrogens is 3. The summed E-state index contributed by atoms with van der Waals surface area (Å²) in [5, 5.41) is 0. The van der Waals surface area contributed by atoms with Gasteiger partial charge in [0.15, 0.2) is 0 Å². The van der Waals surface area contributed by atoms with E-state index in [1.54, 1.807) is 18.7 Å². The summed E-state index contributed by atoms with van der Waals surface area (Å²) < 4.78 is 29.4. The van der Waals surface area contributed by atoms with E-state index in [9.17, 15) is 13.2 Å². The maximum atomic E-state index is 13.7. The number of carbonyl (C=O) groups is 1. The van der Waals surface area contributed by atoms with E-state index in [2.05, 4.69) is 23.8 Å². The Kier molecular flexibility index (Phi) is 5.91. The van der Waals surface area contributed by atoms with Crippen LogP contribution in [0.25, 0.3) is 0 Å². The molecule has 31 heavy (non-hydrogen) atoms. The Morgan fingerprint density at radius 3 is 2.65 bits per heavy atom. The molecule has 0 N–H and O–H groups in total. The number of pyridine rings is 1. The Balaban J connectivity index is 1.67. The van der Waals surface area contributed by atoms with Crippen LogP contribution in [0.2, 0.25) is 0 Å². The van der Waals surface area contributed by atoms with Crippen LogP contribution in [0.1, 0.15) is 56.8 Å². The molecule has 4 heterocycles. The molecule has 2 aromatic rings. The third-order valence-electron chi connectivity index (χ3n) is 6.61. The summed E-state index contributed by atoms with van der Waals surface area (Å²) in [7, 11) is -3.40. The fourth-order valence-electron chi connectivity index (χ4n) is 4.85. The lowest BCUT2D eigenvalue weighted by Crippen LogP contribution is -2.40. The summed E-state index contributed by atoms with van der Waals surface area (Å²) in [4.78, 5) is 24.3. The number of amides is 1. The first-order chi connectivity index (χ1) is 14.8. The van der Waals surface area contributed by atoms with E-state index < -0.39 is 15.4 Å². The van der Waals surface area contributed by atoms with Crippen molar-refractivity contribution >= 4 is 15.9 Å². The molecule has 0 unspecified atom stereocenters. The smallest absolute Gasteiger partial charge is 0.231 e. The van der Waals surface area contributed by atoms with Crippen LogP contribution in [0.3, 0.4) is 0 Å². The van der Waals surface area contributed by atoms with E-state index in [4.69, 9.17) is 0 Å². The highest BCUT2D eigenvalue weighted by Crippen LogP contribution is 2.50. The Morgan fingerprint density at radius 1 is 1.26 bits per heavy atom. The van der Waals surface area contributed by atoms with Crippen LogP contribution in [0.5, 0.6) is 0 Å². The van der Waals surface area contributed by atoms with Gasteiger partial charge in [-0.2, -0.15) is 0 Å². The molecule has 2 fully saturated rings. The summed E-state index contributed by atoms with van der Waals surface area (Å²) >= 11 is 0. The Bertz CT molecular complexity index is 1040. The van der Waals surface area contributed by atoms with Crippen molar-refractivity contribution in [3.05, 3.63) is 48.3 Å². The second-order valence-electron chi connectivity index (χ2n) is 8.99. The predicted octanol–water partition coefficient (Wildman–Crippen LogP) is 2.42. The van der Waals surface area contributed by atoms with E-state index in [1.807, 2.05) is 34.7 Å². The highest BCUT2D eigenvalue weighted by atomic mass is 32.2. The molecule has 2 aromatic heterocycles. The maximum absolute atomic E-state index is 13.7. The molecular weight excluding hydrogens is 414 g/mol. The van der Waals surface area contributed by atoms with Gasteiger partial charge >= 0.3 is 0 Å². The number of nitrogens with zero attached hydrogens (tertiary/aromatic N) is 5. The molecule has 8 nitrogen and oxygen atoms in total. The molecule has 9 heteroatoms. The molecule has 2 atom stereocenters. The van der Waals surface area contributed by atoms with Crippen molar-refractivity contribution in [2.75, 3.05) is 25.4 Å². The van der Waals surface area contributed by atoms with Crippen molar-refractivity contribution in [2.24, 2.45) is 5.41 Å². The minimum absolute atomic E-state index is 0.0302. The molecule has 2 saturated heterocycles. The summed E-state index contributed by atoms with van der Waals surface area (Å²) in [6, 6.07) is 4.07. The standard InChI is InChI=1S/C22H31N5O3S/c1-4-11-31(29,30)27-13-19(20-14-26(16-24-20)17(2)3)22(15-27)7-10-25(21(22)28)12-18-5-8-23-9-6-18/h5-6,8-9,14,16-17,19H,4,7,10-13,15H2,1-3H3/t19-,22-/m1/s1. The zero-order chi connectivity index (χ0) is 22.2. The van der Waals surface area contributed by atoms with Crippen LogP contribution in [-0.4, -0.2) is 63.5 Å². The van der Waals surface area contributed by atoms with Crippen molar-refractivity contribution < 1.29 is 13.2 Å². The van der Waals surface area contributed by atoms with Crippen molar-refractivity contribution in [3.8, 4) is 0 Å². The lowest BCUT2D eigenvalue weighted by Gasteiger charge is -2.28. The monoisotopic (exact) mass is 445 g/mol. The summed E-state index contributed by atoms with van der Waals surface area (Å²) in [6.45, 7) is 7.69. The molecule has 0 saturated carbocycles. The molecule has 0 aliphatic carbocycles. The third-order valence-corrected chi connectivity index (χ3v) is 8.59. The minimum Gasteiger partial charge on any atom is -0.338 e. The van der Waals surface area contributed by atoms with Crippen molar-refractivity contribution in [1.29, 1.82) is 0 Å². The fraction of sp³-hybridized carbons (Fsp3) is 0.591. The highest BCUT2D eigenvalue weighted by molar-refractivity contribution is 7.89. The average Bonchev–Trinajstić information content (AvgIpc) is 3.44. The summed E-state index contributed by atoms with van der Waals surface area (Å²) in [5.74, 6) is -0.109. The van der Waals surface area contributed by atoms with Crippen LogP contribution in [0, 0.1) is 5.41 Å². The van der Waals surface area contributed by atoms with Gasteiger partial charge in [-0.1, -0.05) is 6.92 Å². The van der Waals surface area contributed by atoms with Gasteiger partial charge in [-0.15, -0.1) is 0 Å². The predicted molar refractivity (Wildman–Crippen MR) is 118 cm³/mol. The van der Waals surface area contributed by atoms with Gasteiger partial charge in [0.25, 0.3) is 0 Å². The van der Waals surface area contributed by atoms with Crippen LogP contribution in [0.4, 0.5) is 0 Å². The number of likely N-dealkylation sites (tertiary alicyclic amines) is 1. The number of sulfonamides is 1. The third kappa shape index (κ3) is 4.01. The second kappa shape index (κ2) is 8.35. The first-order valence-electron chi connectivity index (χ1n) is 11.0. The van der Waals surface area contributed by atoms with E-state index in [0.29, 0.717) is 32.5 Å². The lowest BCUT2D eigenvalue weighted by molar-refractivity contribution is -0.136. The van der Waals surface area contributed by atoms with E-state index in [0.717, 1.165) is 11.3 Å². The SMILES string of the molecule is CCCS(=O)(=O)N1C[C@H](c2cn(C(C)C)cn2)[C@@]2(CCN(Cc3ccncc3)C2=O)C1. The Labute approximate surface area is 184 Å². The summed E-state index contributed by atoms with van der Waals surface area (Å²) in [6.07, 6.45) is 8.40. The molecular formula is C22H31N5O3S.